The van der Waals surface area contributed by atoms with E-state index in [1.54, 1.807) is 0 Å². The lowest BCUT2D eigenvalue weighted by Crippen LogP contribution is -2.30. The third-order valence-corrected chi connectivity index (χ3v) is 4.70. The Bertz CT molecular complexity index is 338. The Hall–Kier alpha value is -1.10. The lowest BCUT2D eigenvalue weighted by atomic mass is 10.1. The Kier molecular flexibility index (Phi) is 18.9. The molecule has 5 nitrogen and oxygen atoms in total. The first-order valence-corrected chi connectivity index (χ1v) is 11.2. The summed E-state index contributed by atoms with van der Waals surface area (Å²) in [7, 11) is 0. The number of ether oxygens (including phenoxy) is 2. The monoisotopic (exact) mass is 385 g/mol. The van der Waals surface area contributed by atoms with Crippen molar-refractivity contribution in [3.8, 4) is 0 Å². The summed E-state index contributed by atoms with van der Waals surface area (Å²) < 4.78 is 10.0. The number of esters is 2. The minimum absolute atomic E-state index is 0.165. The second-order valence-electron chi connectivity index (χ2n) is 7.13. The third kappa shape index (κ3) is 18.0. The molecule has 27 heavy (non-hydrogen) atoms. The first-order valence-electron chi connectivity index (χ1n) is 11.2. The lowest BCUT2D eigenvalue weighted by molar-refractivity contribution is -0.143. The van der Waals surface area contributed by atoms with Crippen LogP contribution < -0.4 is 0 Å². The van der Waals surface area contributed by atoms with E-state index in [0.717, 1.165) is 13.0 Å². The van der Waals surface area contributed by atoms with Crippen LogP contribution in [0.15, 0.2) is 0 Å². The van der Waals surface area contributed by atoms with E-state index in [9.17, 15) is 9.59 Å². The van der Waals surface area contributed by atoms with Crippen LogP contribution in [0.1, 0.15) is 97.8 Å². The maximum atomic E-state index is 11.6. The van der Waals surface area contributed by atoms with Gasteiger partial charge in [-0.3, -0.25) is 9.59 Å². The average Bonchev–Trinajstić information content (AvgIpc) is 2.65. The number of hydrogen-bond donors (Lipinski definition) is 0. The summed E-state index contributed by atoms with van der Waals surface area (Å²) in [6.07, 6.45) is 13.8. The highest BCUT2D eigenvalue weighted by Crippen LogP contribution is 2.11. The lowest BCUT2D eigenvalue weighted by Gasteiger charge is -2.21. The van der Waals surface area contributed by atoms with Gasteiger partial charge < -0.3 is 14.4 Å². The Morgan fingerprint density at radius 1 is 0.593 bits per heavy atom. The van der Waals surface area contributed by atoms with Gasteiger partial charge in [0.2, 0.25) is 0 Å². The SMILES string of the molecule is CCCCCCCCCCCCN(CCC(=O)OCC)CCC(=O)OCC. The van der Waals surface area contributed by atoms with Crippen LogP contribution in [0.2, 0.25) is 0 Å². The highest BCUT2D eigenvalue weighted by atomic mass is 16.5. The van der Waals surface area contributed by atoms with E-state index in [1.165, 1.54) is 57.8 Å². The zero-order valence-corrected chi connectivity index (χ0v) is 18.1. The zero-order valence-electron chi connectivity index (χ0n) is 18.1. The molecule has 0 bridgehead atoms. The van der Waals surface area contributed by atoms with Gasteiger partial charge in [-0.15, -0.1) is 0 Å². The molecule has 0 aromatic heterocycles. The maximum absolute atomic E-state index is 11.6. The standard InChI is InChI=1S/C22H43NO4/c1-4-7-8-9-10-11-12-13-14-15-18-23(19-16-21(24)26-5-2)20-17-22(25)27-6-3/h4-20H2,1-3H3. The van der Waals surface area contributed by atoms with Crippen LogP contribution in [0.25, 0.3) is 0 Å². The minimum atomic E-state index is -0.165. The number of rotatable bonds is 19. The predicted molar refractivity (Wildman–Crippen MR) is 111 cm³/mol. The molecule has 0 aromatic rings. The second-order valence-corrected chi connectivity index (χ2v) is 7.13. The van der Waals surface area contributed by atoms with E-state index in [-0.39, 0.29) is 11.9 Å². The van der Waals surface area contributed by atoms with Gasteiger partial charge in [0, 0.05) is 13.1 Å². The topological polar surface area (TPSA) is 55.8 Å². The summed E-state index contributed by atoms with van der Waals surface area (Å²) in [4.78, 5) is 25.4. The first kappa shape index (κ1) is 25.9. The molecule has 0 rings (SSSR count). The van der Waals surface area contributed by atoms with Crippen molar-refractivity contribution in [2.75, 3.05) is 32.8 Å². The van der Waals surface area contributed by atoms with Gasteiger partial charge in [-0.25, -0.2) is 0 Å². The van der Waals surface area contributed by atoms with Crippen LogP contribution in [-0.4, -0.2) is 49.7 Å². The molecule has 0 atom stereocenters. The van der Waals surface area contributed by atoms with E-state index in [0.29, 0.717) is 39.1 Å². The van der Waals surface area contributed by atoms with E-state index in [4.69, 9.17) is 9.47 Å². The van der Waals surface area contributed by atoms with Gasteiger partial charge >= 0.3 is 11.9 Å². The normalized spacial score (nSPS) is 11.0. The molecule has 0 spiro atoms. The number of unbranched alkanes of at least 4 members (excludes halogenated alkanes) is 9. The summed E-state index contributed by atoms with van der Waals surface area (Å²) >= 11 is 0. The highest BCUT2D eigenvalue weighted by Gasteiger charge is 2.11. The van der Waals surface area contributed by atoms with Crippen molar-refractivity contribution >= 4 is 11.9 Å². The molecule has 0 saturated heterocycles. The molecule has 0 aliphatic rings. The third-order valence-electron chi connectivity index (χ3n) is 4.70. The van der Waals surface area contributed by atoms with Gasteiger partial charge in [0.25, 0.3) is 0 Å². The van der Waals surface area contributed by atoms with Crippen molar-refractivity contribution in [2.45, 2.75) is 97.8 Å². The summed E-state index contributed by atoms with van der Waals surface area (Å²) in [5.74, 6) is -0.330. The molecule has 5 heteroatoms. The fraction of sp³-hybridized carbons (Fsp3) is 0.909. The first-order chi connectivity index (χ1) is 13.1. The number of hydrogen-bond acceptors (Lipinski definition) is 5. The molecule has 0 N–H and O–H groups in total. The van der Waals surface area contributed by atoms with Crippen molar-refractivity contribution < 1.29 is 19.1 Å². The van der Waals surface area contributed by atoms with Gasteiger partial charge in [0.15, 0.2) is 0 Å². The summed E-state index contributed by atoms with van der Waals surface area (Å²) in [6, 6.07) is 0. The molecule has 0 fully saturated rings. The molecule has 0 amide bonds. The second kappa shape index (κ2) is 19.7. The summed E-state index contributed by atoms with van der Waals surface area (Å²) in [5.41, 5.74) is 0. The molecular formula is C22H43NO4. The largest absolute Gasteiger partial charge is 0.466 e. The Morgan fingerprint density at radius 2 is 1.00 bits per heavy atom. The van der Waals surface area contributed by atoms with E-state index in [2.05, 4.69) is 11.8 Å². The molecular weight excluding hydrogens is 342 g/mol. The quantitative estimate of drug-likeness (QED) is 0.228. The fourth-order valence-electron chi connectivity index (χ4n) is 3.12. The van der Waals surface area contributed by atoms with Crippen molar-refractivity contribution in [1.82, 2.24) is 4.90 Å². The van der Waals surface area contributed by atoms with Crippen LogP contribution in [0.3, 0.4) is 0 Å². The zero-order chi connectivity index (χ0) is 20.2. The Balaban J connectivity index is 3.90. The predicted octanol–water partition coefficient (Wildman–Crippen LogP) is 5.12. The smallest absolute Gasteiger partial charge is 0.307 e. The van der Waals surface area contributed by atoms with Crippen LogP contribution in [0, 0.1) is 0 Å². The molecule has 0 radical (unpaired) electrons. The number of nitrogens with zero attached hydrogens (tertiary/aromatic N) is 1. The van der Waals surface area contributed by atoms with Crippen molar-refractivity contribution in [3.63, 3.8) is 0 Å². The molecule has 0 aromatic carbocycles. The van der Waals surface area contributed by atoms with E-state index in [1.807, 2.05) is 13.8 Å². The Morgan fingerprint density at radius 3 is 1.41 bits per heavy atom. The van der Waals surface area contributed by atoms with Gasteiger partial charge in [0.05, 0.1) is 26.1 Å². The summed E-state index contributed by atoms with van der Waals surface area (Å²) in [5, 5.41) is 0. The van der Waals surface area contributed by atoms with Crippen LogP contribution >= 0.6 is 0 Å². The molecule has 0 aliphatic carbocycles. The maximum Gasteiger partial charge on any atom is 0.307 e. The molecule has 0 unspecified atom stereocenters. The van der Waals surface area contributed by atoms with Crippen LogP contribution in [0.4, 0.5) is 0 Å². The molecule has 0 aliphatic heterocycles. The van der Waals surface area contributed by atoms with Gasteiger partial charge in [-0.05, 0) is 26.8 Å². The van der Waals surface area contributed by atoms with E-state index >= 15 is 0 Å². The Labute approximate surface area is 167 Å². The highest BCUT2D eigenvalue weighted by molar-refractivity contribution is 5.70. The van der Waals surface area contributed by atoms with Crippen molar-refractivity contribution in [2.24, 2.45) is 0 Å². The number of carbonyl (C=O) groups excluding carboxylic acids is 2. The van der Waals surface area contributed by atoms with Gasteiger partial charge in [-0.2, -0.15) is 0 Å². The van der Waals surface area contributed by atoms with Crippen molar-refractivity contribution in [1.29, 1.82) is 0 Å². The van der Waals surface area contributed by atoms with Crippen LogP contribution in [0.5, 0.6) is 0 Å². The van der Waals surface area contributed by atoms with E-state index < -0.39 is 0 Å². The average molecular weight is 386 g/mol. The number of carbonyl (C=O) groups is 2. The van der Waals surface area contributed by atoms with Gasteiger partial charge in [0.1, 0.15) is 0 Å². The summed E-state index contributed by atoms with van der Waals surface area (Å²) in [6.45, 7) is 8.95. The fourth-order valence-corrected chi connectivity index (χ4v) is 3.12. The van der Waals surface area contributed by atoms with Gasteiger partial charge in [-0.1, -0.05) is 64.7 Å². The van der Waals surface area contributed by atoms with Crippen molar-refractivity contribution in [3.05, 3.63) is 0 Å². The molecule has 0 heterocycles. The van der Waals surface area contributed by atoms with Crippen LogP contribution in [-0.2, 0) is 19.1 Å². The minimum Gasteiger partial charge on any atom is -0.466 e. The molecule has 0 saturated carbocycles. The molecule has 160 valence electrons.